The summed E-state index contributed by atoms with van der Waals surface area (Å²) in [5, 5.41) is 0. The molecule has 0 spiro atoms. The number of Topliss-reactive ketones (excluding diaryl/α,β-unsaturated/α-hetero) is 1. The third-order valence-electron chi connectivity index (χ3n) is 11.4. The van der Waals surface area contributed by atoms with Gasteiger partial charge in [-0.05, 0) is 76.2 Å². The average Bonchev–Trinajstić information content (AvgIpc) is 3.22. The van der Waals surface area contributed by atoms with Crippen molar-refractivity contribution in [1.29, 1.82) is 0 Å². The van der Waals surface area contributed by atoms with Gasteiger partial charge >= 0.3 is 11.9 Å². The standard InChI is InChI=1S/C30H38O6/c1-17-15-25(35-26(33)20(17)16-34-18(2)31)29(5)23-12-14-30(36-29)22-10-9-19-7-6-8-24(32)28(19,4)21(22)11-13-27(23,30)3/h6-7,9,21-23,25H,8,10-16H2,1-5H3/t21-,22+,23-,25+,27+,28-,29+,30+/m0/s1. The van der Waals surface area contributed by atoms with Gasteiger partial charge in [-0.15, -0.1) is 0 Å². The van der Waals surface area contributed by atoms with E-state index in [0.29, 0.717) is 24.2 Å². The van der Waals surface area contributed by atoms with Crippen LogP contribution in [0.4, 0.5) is 0 Å². The van der Waals surface area contributed by atoms with Crippen molar-refractivity contribution in [2.75, 3.05) is 6.61 Å². The molecule has 194 valence electrons. The molecule has 0 aromatic rings. The fraction of sp³-hybridized carbons (Fsp3) is 0.700. The van der Waals surface area contributed by atoms with Gasteiger partial charge in [0.15, 0.2) is 0 Å². The Hall–Kier alpha value is -2.21. The van der Waals surface area contributed by atoms with Gasteiger partial charge in [-0.25, -0.2) is 4.79 Å². The Morgan fingerprint density at radius 3 is 2.64 bits per heavy atom. The Morgan fingerprint density at radius 1 is 1.14 bits per heavy atom. The molecule has 0 amide bonds. The first-order chi connectivity index (χ1) is 17.0. The molecule has 0 N–H and O–H groups in total. The van der Waals surface area contributed by atoms with E-state index in [0.717, 1.165) is 37.7 Å². The molecule has 8 atom stereocenters. The highest BCUT2D eigenvalue weighted by atomic mass is 16.6. The van der Waals surface area contributed by atoms with Gasteiger partial charge in [-0.2, -0.15) is 0 Å². The summed E-state index contributed by atoms with van der Waals surface area (Å²) in [6, 6.07) is 0. The Kier molecular flexibility index (Phi) is 5.13. The first-order valence-electron chi connectivity index (χ1n) is 13.6. The summed E-state index contributed by atoms with van der Waals surface area (Å²) < 4.78 is 18.5. The Balaban J connectivity index is 1.34. The summed E-state index contributed by atoms with van der Waals surface area (Å²) in [6.07, 6.45) is 12.3. The van der Waals surface area contributed by atoms with E-state index in [-0.39, 0.29) is 41.5 Å². The number of allylic oxidation sites excluding steroid dienone is 4. The molecule has 0 aromatic carbocycles. The molecular weight excluding hydrogens is 456 g/mol. The van der Waals surface area contributed by atoms with Gasteiger partial charge in [0.2, 0.25) is 0 Å². The van der Waals surface area contributed by atoms with Crippen LogP contribution in [0.15, 0.2) is 34.9 Å². The Bertz CT molecular complexity index is 1150. The van der Waals surface area contributed by atoms with Crippen LogP contribution in [-0.2, 0) is 28.6 Å². The molecule has 1 saturated heterocycles. The molecule has 6 heteroatoms. The third-order valence-corrected chi connectivity index (χ3v) is 11.4. The van der Waals surface area contributed by atoms with Crippen LogP contribution in [0.5, 0.6) is 0 Å². The van der Waals surface area contributed by atoms with Gasteiger partial charge in [0, 0.05) is 25.2 Å². The molecule has 2 aliphatic heterocycles. The van der Waals surface area contributed by atoms with Gasteiger partial charge in [0.1, 0.15) is 24.1 Å². The predicted molar refractivity (Wildman–Crippen MR) is 133 cm³/mol. The molecule has 6 nitrogen and oxygen atoms in total. The summed E-state index contributed by atoms with van der Waals surface area (Å²) in [5.41, 5.74) is 1.19. The van der Waals surface area contributed by atoms with Crippen molar-refractivity contribution >= 4 is 17.7 Å². The molecule has 0 radical (unpaired) electrons. The Morgan fingerprint density at radius 2 is 1.92 bits per heavy atom. The predicted octanol–water partition coefficient (Wildman–Crippen LogP) is 5.02. The zero-order chi connectivity index (χ0) is 25.7. The summed E-state index contributed by atoms with van der Waals surface area (Å²) >= 11 is 0. The minimum absolute atomic E-state index is 0.0137. The quantitative estimate of drug-likeness (QED) is 0.513. The van der Waals surface area contributed by atoms with E-state index in [4.69, 9.17) is 14.2 Å². The summed E-state index contributed by atoms with van der Waals surface area (Å²) in [7, 11) is 0. The van der Waals surface area contributed by atoms with E-state index >= 15 is 0 Å². The third kappa shape index (κ3) is 2.85. The number of hydrogen-bond acceptors (Lipinski definition) is 6. The zero-order valence-electron chi connectivity index (χ0n) is 22.1. The maximum atomic E-state index is 13.3. The van der Waals surface area contributed by atoms with E-state index in [1.54, 1.807) is 0 Å². The monoisotopic (exact) mass is 494 g/mol. The molecule has 4 aliphatic carbocycles. The van der Waals surface area contributed by atoms with Crippen molar-refractivity contribution in [3.8, 4) is 0 Å². The average molecular weight is 495 g/mol. The number of ether oxygens (including phenoxy) is 3. The lowest BCUT2D eigenvalue weighted by Gasteiger charge is -2.59. The fourth-order valence-electron chi connectivity index (χ4n) is 9.48. The molecule has 2 bridgehead atoms. The summed E-state index contributed by atoms with van der Waals surface area (Å²) in [4.78, 5) is 37.6. The highest BCUT2D eigenvalue weighted by Gasteiger charge is 2.77. The van der Waals surface area contributed by atoms with Gasteiger partial charge in [-0.1, -0.05) is 30.7 Å². The van der Waals surface area contributed by atoms with E-state index in [9.17, 15) is 14.4 Å². The topological polar surface area (TPSA) is 78.9 Å². The van der Waals surface area contributed by atoms with Crippen molar-refractivity contribution in [2.45, 2.75) is 96.9 Å². The van der Waals surface area contributed by atoms with Crippen LogP contribution in [0.3, 0.4) is 0 Å². The van der Waals surface area contributed by atoms with Crippen molar-refractivity contribution in [3.63, 3.8) is 0 Å². The first-order valence-corrected chi connectivity index (χ1v) is 13.6. The van der Waals surface area contributed by atoms with Gasteiger partial charge in [0.25, 0.3) is 0 Å². The lowest BCUT2D eigenvalue weighted by atomic mass is 9.46. The van der Waals surface area contributed by atoms with Crippen LogP contribution in [0.25, 0.3) is 0 Å². The zero-order valence-corrected chi connectivity index (χ0v) is 22.1. The second kappa shape index (κ2) is 7.66. The first kappa shape index (κ1) is 24.1. The van der Waals surface area contributed by atoms with E-state index in [1.165, 1.54) is 12.5 Å². The minimum atomic E-state index is -0.590. The second-order valence-corrected chi connectivity index (χ2v) is 12.7. The van der Waals surface area contributed by atoms with Crippen LogP contribution >= 0.6 is 0 Å². The van der Waals surface area contributed by atoms with Crippen molar-refractivity contribution < 1.29 is 28.6 Å². The highest BCUT2D eigenvalue weighted by Crippen LogP contribution is 2.75. The number of cyclic esters (lactones) is 1. The van der Waals surface area contributed by atoms with Crippen molar-refractivity contribution in [1.82, 2.24) is 0 Å². The van der Waals surface area contributed by atoms with Gasteiger partial charge in [0.05, 0.1) is 16.6 Å². The lowest BCUT2D eigenvalue weighted by Crippen LogP contribution is -2.60. The normalized spacial score (nSPS) is 47.1. The number of carbonyl (C=O) groups excluding carboxylic acids is 3. The maximum Gasteiger partial charge on any atom is 0.337 e. The molecule has 3 fully saturated rings. The lowest BCUT2D eigenvalue weighted by molar-refractivity contribution is -0.231. The molecular formula is C30H38O6. The van der Waals surface area contributed by atoms with Gasteiger partial charge in [-0.3, -0.25) is 9.59 Å². The summed E-state index contributed by atoms with van der Waals surface area (Å²) in [6.45, 7) is 9.95. The molecule has 0 unspecified atom stereocenters. The number of carbonyl (C=O) groups is 3. The van der Waals surface area contributed by atoms with Crippen LogP contribution in [0, 0.1) is 28.6 Å². The highest BCUT2D eigenvalue weighted by molar-refractivity contribution is 5.92. The molecule has 6 aliphatic rings. The van der Waals surface area contributed by atoms with E-state index in [1.807, 2.05) is 13.0 Å². The molecule has 2 heterocycles. The van der Waals surface area contributed by atoms with Crippen LogP contribution in [-0.4, -0.2) is 41.6 Å². The minimum Gasteiger partial charge on any atom is -0.461 e. The van der Waals surface area contributed by atoms with Crippen molar-refractivity contribution in [2.24, 2.45) is 28.6 Å². The maximum absolute atomic E-state index is 13.3. The second-order valence-electron chi connectivity index (χ2n) is 12.7. The summed E-state index contributed by atoms with van der Waals surface area (Å²) in [5.74, 6) is 0.357. The number of ketones is 1. The van der Waals surface area contributed by atoms with Gasteiger partial charge < -0.3 is 14.2 Å². The largest absolute Gasteiger partial charge is 0.461 e. The van der Waals surface area contributed by atoms with E-state index < -0.39 is 23.0 Å². The van der Waals surface area contributed by atoms with E-state index in [2.05, 4.69) is 32.9 Å². The Labute approximate surface area is 213 Å². The SMILES string of the molecule is CC(=O)OCC1=C(C)C[C@H]([C@]2(C)O[C@@]34CC[C@H]2[C@@]3(C)CC[C@H]2[C@H]4CC=C3C=CCC(=O)[C@@]32C)OC1=O. The smallest absolute Gasteiger partial charge is 0.337 e. The number of hydrogen-bond donors (Lipinski definition) is 0. The molecule has 36 heavy (non-hydrogen) atoms. The van der Waals surface area contributed by atoms with Crippen molar-refractivity contribution in [3.05, 3.63) is 34.9 Å². The number of esters is 2. The van der Waals surface area contributed by atoms with Crippen LogP contribution in [0.1, 0.15) is 79.6 Å². The van der Waals surface area contributed by atoms with Crippen LogP contribution in [0.2, 0.25) is 0 Å². The number of rotatable bonds is 3. The fourth-order valence-corrected chi connectivity index (χ4v) is 9.48. The van der Waals surface area contributed by atoms with Crippen LogP contribution < -0.4 is 0 Å². The molecule has 2 saturated carbocycles. The number of fused-ring (bicyclic) bond motifs is 3. The molecule has 0 aromatic heterocycles. The molecule has 6 rings (SSSR count).